The van der Waals surface area contributed by atoms with Gasteiger partial charge in [-0.05, 0) is 48.9 Å². The number of ether oxygens (including phenoxy) is 1. The van der Waals surface area contributed by atoms with Gasteiger partial charge in [0.05, 0.1) is 4.90 Å². The Morgan fingerprint density at radius 1 is 1.15 bits per heavy atom. The van der Waals surface area contributed by atoms with Gasteiger partial charge in [-0.25, -0.2) is 12.8 Å². The summed E-state index contributed by atoms with van der Waals surface area (Å²) in [6, 6.07) is 15.7. The number of amides is 1. The Hall–Kier alpha value is -2.94. The highest BCUT2D eigenvalue weighted by Gasteiger charge is 2.28. The molecule has 0 aliphatic carbocycles. The number of fused-ring (bicyclic) bond motifs is 1. The first kappa shape index (κ1) is 23.2. The summed E-state index contributed by atoms with van der Waals surface area (Å²) < 4.78 is 47.3. The summed E-state index contributed by atoms with van der Waals surface area (Å²) in [7, 11) is -3.82. The Bertz CT molecular complexity index is 1310. The fourth-order valence-electron chi connectivity index (χ4n) is 3.52. The molecule has 1 heterocycles. The van der Waals surface area contributed by atoms with E-state index in [4.69, 9.17) is 16.3 Å². The number of nitrogens with zero attached hydrogens (tertiary/aromatic N) is 1. The lowest BCUT2D eigenvalue weighted by Gasteiger charge is -2.20. The number of carbonyl (C=O) groups is 1. The Morgan fingerprint density at radius 2 is 1.94 bits per heavy atom. The number of sulfonamides is 1. The van der Waals surface area contributed by atoms with Gasteiger partial charge in [-0.2, -0.15) is 4.31 Å². The molecule has 172 valence electrons. The first-order valence-electron chi connectivity index (χ1n) is 10.3. The predicted octanol–water partition coefficient (Wildman–Crippen LogP) is 4.30. The number of halogens is 2. The van der Waals surface area contributed by atoms with Gasteiger partial charge in [0.1, 0.15) is 18.2 Å². The SMILES string of the molecule is Cc1ccc(S(=O)(=O)N2CCOc3ccc(C(=O)NCc4ccccc4F)cc3C2)cc1Cl. The molecule has 0 unspecified atom stereocenters. The van der Waals surface area contributed by atoms with E-state index in [0.717, 1.165) is 5.56 Å². The van der Waals surface area contributed by atoms with Gasteiger partial charge in [0.15, 0.2) is 0 Å². The van der Waals surface area contributed by atoms with Crippen molar-refractivity contribution in [1.29, 1.82) is 0 Å². The first-order valence-corrected chi connectivity index (χ1v) is 12.1. The van der Waals surface area contributed by atoms with Crippen molar-refractivity contribution in [1.82, 2.24) is 9.62 Å². The van der Waals surface area contributed by atoms with Gasteiger partial charge < -0.3 is 10.1 Å². The highest BCUT2D eigenvalue weighted by molar-refractivity contribution is 7.89. The molecule has 1 aliphatic heterocycles. The van der Waals surface area contributed by atoms with Crippen molar-refractivity contribution < 1.29 is 22.3 Å². The number of carbonyl (C=O) groups excluding carboxylic acids is 1. The Kier molecular flexibility index (Phi) is 6.69. The van der Waals surface area contributed by atoms with Gasteiger partial charge in [-0.1, -0.05) is 35.9 Å². The Balaban J connectivity index is 1.55. The molecule has 1 amide bonds. The van der Waals surface area contributed by atoms with E-state index in [1.54, 1.807) is 49.4 Å². The van der Waals surface area contributed by atoms with Crippen LogP contribution in [0.3, 0.4) is 0 Å². The molecule has 0 saturated heterocycles. The highest BCUT2D eigenvalue weighted by Crippen LogP contribution is 2.29. The van der Waals surface area contributed by atoms with Gasteiger partial charge in [-0.3, -0.25) is 4.79 Å². The molecular formula is C24H22ClFN2O4S. The van der Waals surface area contributed by atoms with E-state index >= 15 is 0 Å². The maximum Gasteiger partial charge on any atom is 0.251 e. The maximum absolute atomic E-state index is 13.8. The van der Waals surface area contributed by atoms with Crippen molar-refractivity contribution in [3.8, 4) is 5.75 Å². The average Bonchev–Trinajstić information content (AvgIpc) is 3.02. The zero-order chi connectivity index (χ0) is 23.6. The third-order valence-corrected chi connectivity index (χ3v) is 7.69. The normalized spacial score (nSPS) is 14.2. The summed E-state index contributed by atoms with van der Waals surface area (Å²) >= 11 is 6.14. The largest absolute Gasteiger partial charge is 0.492 e. The molecule has 3 aromatic rings. The molecule has 9 heteroatoms. The van der Waals surface area contributed by atoms with Crippen LogP contribution in [0.15, 0.2) is 65.6 Å². The molecule has 0 spiro atoms. The Morgan fingerprint density at radius 3 is 2.70 bits per heavy atom. The minimum absolute atomic E-state index is 0.0355. The molecule has 0 atom stereocenters. The summed E-state index contributed by atoms with van der Waals surface area (Å²) in [6.07, 6.45) is 0. The second-order valence-electron chi connectivity index (χ2n) is 7.69. The molecule has 0 aromatic heterocycles. The number of aryl methyl sites for hydroxylation is 1. The molecule has 0 bridgehead atoms. The number of hydrogen-bond donors (Lipinski definition) is 1. The molecule has 0 saturated carbocycles. The van der Waals surface area contributed by atoms with Gasteiger partial charge in [0.25, 0.3) is 5.91 Å². The smallest absolute Gasteiger partial charge is 0.251 e. The van der Waals surface area contributed by atoms with E-state index in [1.807, 2.05) is 0 Å². The van der Waals surface area contributed by atoms with E-state index in [0.29, 0.717) is 27.5 Å². The third kappa shape index (κ3) is 5.03. The number of nitrogens with one attached hydrogen (secondary N) is 1. The van der Waals surface area contributed by atoms with Crippen LogP contribution in [0, 0.1) is 12.7 Å². The fraction of sp³-hybridized carbons (Fsp3) is 0.208. The van der Waals surface area contributed by atoms with Crippen LogP contribution in [-0.4, -0.2) is 31.8 Å². The molecule has 4 rings (SSSR count). The molecule has 0 fully saturated rings. The topological polar surface area (TPSA) is 75.7 Å². The summed E-state index contributed by atoms with van der Waals surface area (Å²) in [6.45, 7) is 2.20. The van der Waals surface area contributed by atoms with Gasteiger partial charge in [-0.15, -0.1) is 0 Å². The fourth-order valence-corrected chi connectivity index (χ4v) is 5.19. The highest BCUT2D eigenvalue weighted by atomic mass is 35.5. The van der Waals surface area contributed by atoms with Crippen LogP contribution in [0.2, 0.25) is 5.02 Å². The second-order valence-corrected chi connectivity index (χ2v) is 10.0. The standard InChI is InChI=1S/C24H22ClFN2O4S/c1-16-6-8-20(13-21(16)25)33(30,31)28-10-11-32-23-9-7-17(12-19(23)15-28)24(29)27-14-18-4-2-3-5-22(18)26/h2-9,12-13H,10-11,14-15H2,1H3,(H,27,29). The van der Waals surface area contributed by atoms with Crippen molar-refractivity contribution in [2.45, 2.75) is 24.9 Å². The number of benzene rings is 3. The van der Waals surface area contributed by atoms with Crippen LogP contribution in [0.1, 0.15) is 27.0 Å². The van der Waals surface area contributed by atoms with Crippen LogP contribution in [0.4, 0.5) is 4.39 Å². The monoisotopic (exact) mass is 488 g/mol. The van der Waals surface area contributed by atoms with E-state index < -0.39 is 21.7 Å². The van der Waals surface area contributed by atoms with Crippen molar-refractivity contribution in [3.63, 3.8) is 0 Å². The molecule has 6 nitrogen and oxygen atoms in total. The number of rotatable bonds is 5. The minimum Gasteiger partial charge on any atom is -0.492 e. The van der Waals surface area contributed by atoms with Crippen molar-refractivity contribution in [3.05, 3.63) is 93.8 Å². The lowest BCUT2D eigenvalue weighted by atomic mass is 10.1. The van der Waals surface area contributed by atoms with Crippen molar-refractivity contribution >= 4 is 27.5 Å². The molecule has 33 heavy (non-hydrogen) atoms. The van der Waals surface area contributed by atoms with E-state index in [1.165, 1.54) is 22.5 Å². The zero-order valence-corrected chi connectivity index (χ0v) is 19.4. The third-order valence-electron chi connectivity index (χ3n) is 5.45. The van der Waals surface area contributed by atoms with Crippen molar-refractivity contribution in [2.75, 3.05) is 13.2 Å². The lowest BCUT2D eigenvalue weighted by Crippen LogP contribution is -2.32. The van der Waals surface area contributed by atoms with Crippen LogP contribution in [-0.2, 0) is 23.1 Å². The molecular weight excluding hydrogens is 467 g/mol. The van der Waals surface area contributed by atoms with E-state index in [9.17, 15) is 17.6 Å². The molecule has 1 aliphatic rings. The quantitative estimate of drug-likeness (QED) is 0.581. The van der Waals surface area contributed by atoms with Gasteiger partial charge in [0.2, 0.25) is 10.0 Å². The van der Waals surface area contributed by atoms with Crippen molar-refractivity contribution in [2.24, 2.45) is 0 Å². The number of hydrogen-bond acceptors (Lipinski definition) is 4. The van der Waals surface area contributed by atoms with Crippen LogP contribution in [0.25, 0.3) is 0 Å². The average molecular weight is 489 g/mol. The van der Waals surface area contributed by atoms with Crippen LogP contribution >= 0.6 is 11.6 Å². The summed E-state index contributed by atoms with van der Waals surface area (Å²) in [4.78, 5) is 12.7. The van der Waals surface area contributed by atoms with Gasteiger partial charge >= 0.3 is 0 Å². The molecule has 3 aromatic carbocycles. The molecule has 1 N–H and O–H groups in total. The second kappa shape index (κ2) is 9.51. The van der Waals surface area contributed by atoms with E-state index in [-0.39, 0.29) is 31.1 Å². The maximum atomic E-state index is 13.8. The summed E-state index contributed by atoms with van der Waals surface area (Å²) in [5, 5.41) is 3.06. The zero-order valence-electron chi connectivity index (χ0n) is 17.8. The van der Waals surface area contributed by atoms with E-state index in [2.05, 4.69) is 5.32 Å². The minimum atomic E-state index is -3.82. The molecule has 0 radical (unpaired) electrons. The summed E-state index contributed by atoms with van der Waals surface area (Å²) in [5.74, 6) is -0.282. The summed E-state index contributed by atoms with van der Waals surface area (Å²) in [5.41, 5.74) is 2.04. The van der Waals surface area contributed by atoms with Crippen LogP contribution < -0.4 is 10.1 Å². The predicted molar refractivity (Wildman–Crippen MR) is 123 cm³/mol. The van der Waals surface area contributed by atoms with Gasteiger partial charge in [0, 0.05) is 41.3 Å². The lowest BCUT2D eigenvalue weighted by molar-refractivity contribution is 0.0950. The first-order chi connectivity index (χ1) is 15.8. The van der Waals surface area contributed by atoms with Crippen LogP contribution in [0.5, 0.6) is 5.75 Å². The Labute approximate surface area is 197 Å².